The molecule has 2 aromatic rings. The first-order valence-corrected chi connectivity index (χ1v) is 7.69. The molecule has 2 amide bonds. The summed E-state index contributed by atoms with van der Waals surface area (Å²) in [5, 5.41) is 5.15. The number of hydrogen-bond donors (Lipinski definition) is 2. The maximum Gasteiger partial charge on any atom is 0.416 e. The van der Waals surface area contributed by atoms with E-state index in [1.54, 1.807) is 24.3 Å². The third-order valence-corrected chi connectivity index (χ3v) is 3.52. The van der Waals surface area contributed by atoms with Crippen LogP contribution in [0.1, 0.15) is 26.3 Å². The van der Waals surface area contributed by atoms with E-state index in [1.807, 2.05) is 0 Å². The van der Waals surface area contributed by atoms with E-state index in [1.165, 1.54) is 7.11 Å². The molecular formula is C18H17F3N2O3. The zero-order chi connectivity index (χ0) is 19.2. The van der Waals surface area contributed by atoms with Crippen LogP contribution in [-0.4, -0.2) is 32.0 Å². The molecule has 0 aliphatic rings. The molecule has 2 rings (SSSR count). The third-order valence-electron chi connectivity index (χ3n) is 3.52. The van der Waals surface area contributed by atoms with Crippen LogP contribution in [0.4, 0.5) is 13.2 Å². The Labute approximate surface area is 148 Å². The number of halogens is 3. The van der Waals surface area contributed by atoms with E-state index in [0.717, 1.165) is 24.3 Å². The number of carbonyl (C=O) groups is 2. The van der Waals surface area contributed by atoms with Crippen LogP contribution in [0.15, 0.2) is 48.5 Å². The highest BCUT2D eigenvalue weighted by Gasteiger charge is 2.30. The molecule has 0 aromatic heterocycles. The second-order valence-corrected chi connectivity index (χ2v) is 5.29. The van der Waals surface area contributed by atoms with Crippen molar-refractivity contribution in [2.75, 3.05) is 20.2 Å². The Bertz CT molecular complexity index is 774. The molecule has 2 N–H and O–H groups in total. The highest BCUT2D eigenvalue weighted by atomic mass is 19.4. The lowest BCUT2D eigenvalue weighted by molar-refractivity contribution is -0.137. The van der Waals surface area contributed by atoms with Crippen molar-refractivity contribution in [2.45, 2.75) is 6.18 Å². The molecule has 0 radical (unpaired) electrons. The molecule has 0 aliphatic heterocycles. The summed E-state index contributed by atoms with van der Waals surface area (Å²) in [7, 11) is 1.45. The van der Waals surface area contributed by atoms with Crippen molar-refractivity contribution >= 4 is 11.8 Å². The van der Waals surface area contributed by atoms with Crippen molar-refractivity contribution in [1.29, 1.82) is 0 Å². The minimum Gasteiger partial charge on any atom is -0.496 e. The highest BCUT2D eigenvalue weighted by Crippen LogP contribution is 2.29. The minimum absolute atomic E-state index is 0.106. The Balaban J connectivity index is 1.82. The largest absolute Gasteiger partial charge is 0.496 e. The van der Waals surface area contributed by atoms with Gasteiger partial charge in [0.2, 0.25) is 0 Å². The zero-order valence-corrected chi connectivity index (χ0v) is 13.9. The van der Waals surface area contributed by atoms with Crippen molar-refractivity contribution in [3.05, 3.63) is 65.2 Å². The molecule has 2 aromatic carbocycles. The normalized spacial score (nSPS) is 10.9. The van der Waals surface area contributed by atoms with Gasteiger partial charge in [0.05, 0.1) is 18.2 Å². The molecule has 0 aliphatic carbocycles. The summed E-state index contributed by atoms with van der Waals surface area (Å²) in [6.45, 7) is 0.282. The summed E-state index contributed by atoms with van der Waals surface area (Å²) >= 11 is 0. The quantitative estimate of drug-likeness (QED) is 0.773. The molecule has 5 nitrogen and oxygen atoms in total. The van der Waals surface area contributed by atoms with Gasteiger partial charge in [-0.2, -0.15) is 13.2 Å². The second kappa shape index (κ2) is 8.37. The van der Waals surface area contributed by atoms with Crippen molar-refractivity contribution in [2.24, 2.45) is 0 Å². The molecule has 26 heavy (non-hydrogen) atoms. The molecule has 0 unspecified atom stereocenters. The van der Waals surface area contributed by atoms with E-state index >= 15 is 0 Å². The molecule has 0 bridgehead atoms. The van der Waals surface area contributed by atoms with E-state index in [9.17, 15) is 22.8 Å². The number of hydrogen-bond acceptors (Lipinski definition) is 3. The van der Waals surface area contributed by atoms with Crippen molar-refractivity contribution in [1.82, 2.24) is 10.6 Å². The summed E-state index contributed by atoms with van der Waals surface area (Å²) < 4.78 is 42.6. The molecule has 0 fully saturated rings. The van der Waals surface area contributed by atoms with Gasteiger partial charge in [0, 0.05) is 18.7 Å². The van der Waals surface area contributed by atoms with Crippen LogP contribution in [0.3, 0.4) is 0 Å². The van der Waals surface area contributed by atoms with Gasteiger partial charge in [-0.25, -0.2) is 0 Å². The Morgan fingerprint density at radius 1 is 0.923 bits per heavy atom. The van der Waals surface area contributed by atoms with Gasteiger partial charge < -0.3 is 15.4 Å². The predicted molar refractivity (Wildman–Crippen MR) is 89.1 cm³/mol. The number of methoxy groups -OCH3 is 1. The fraction of sp³-hybridized carbons (Fsp3) is 0.222. The summed E-state index contributed by atoms with van der Waals surface area (Å²) in [5.74, 6) is -0.449. The lowest BCUT2D eigenvalue weighted by Crippen LogP contribution is -2.34. The maximum absolute atomic E-state index is 12.5. The monoisotopic (exact) mass is 366 g/mol. The van der Waals surface area contributed by atoms with Crippen LogP contribution in [0, 0.1) is 0 Å². The lowest BCUT2D eigenvalue weighted by atomic mass is 10.1. The van der Waals surface area contributed by atoms with Crippen LogP contribution in [-0.2, 0) is 6.18 Å². The molecule has 0 saturated carbocycles. The molecule has 0 atom stereocenters. The SMILES string of the molecule is COc1ccccc1C(=O)NCCNC(=O)c1ccc(C(F)(F)F)cc1. The Morgan fingerprint density at radius 3 is 2.08 bits per heavy atom. The van der Waals surface area contributed by atoms with Crippen LogP contribution < -0.4 is 15.4 Å². The third kappa shape index (κ3) is 4.98. The van der Waals surface area contributed by atoms with Crippen LogP contribution in [0.2, 0.25) is 0 Å². The topological polar surface area (TPSA) is 67.4 Å². The van der Waals surface area contributed by atoms with Crippen LogP contribution in [0.5, 0.6) is 5.75 Å². The number of benzene rings is 2. The Hall–Kier alpha value is -3.03. The Kier molecular flexibility index (Phi) is 6.21. The van der Waals surface area contributed by atoms with Crippen LogP contribution in [0.25, 0.3) is 0 Å². The van der Waals surface area contributed by atoms with Gasteiger partial charge >= 0.3 is 6.18 Å². The van der Waals surface area contributed by atoms with Gasteiger partial charge in [0.1, 0.15) is 5.75 Å². The molecular weight excluding hydrogens is 349 g/mol. The number of rotatable bonds is 6. The average molecular weight is 366 g/mol. The fourth-order valence-electron chi connectivity index (χ4n) is 2.19. The number of amides is 2. The van der Waals surface area contributed by atoms with Crippen molar-refractivity contribution in [3.63, 3.8) is 0 Å². The average Bonchev–Trinajstić information content (AvgIpc) is 2.64. The van der Waals surface area contributed by atoms with E-state index in [-0.39, 0.29) is 24.6 Å². The van der Waals surface area contributed by atoms with E-state index < -0.39 is 17.6 Å². The summed E-state index contributed by atoms with van der Waals surface area (Å²) in [6, 6.07) is 10.6. The van der Waals surface area contributed by atoms with E-state index in [2.05, 4.69) is 10.6 Å². The summed E-state index contributed by atoms with van der Waals surface area (Å²) in [6.07, 6.45) is -4.45. The first kappa shape index (κ1) is 19.3. The molecule has 8 heteroatoms. The van der Waals surface area contributed by atoms with Gasteiger partial charge in [-0.1, -0.05) is 12.1 Å². The smallest absolute Gasteiger partial charge is 0.416 e. The summed E-state index contributed by atoms with van der Waals surface area (Å²) in [5.41, 5.74) is -0.351. The zero-order valence-electron chi connectivity index (χ0n) is 13.9. The first-order valence-electron chi connectivity index (χ1n) is 7.69. The first-order chi connectivity index (χ1) is 12.3. The standard InChI is InChI=1S/C18H17F3N2O3/c1-26-15-5-3-2-4-14(15)17(25)23-11-10-22-16(24)12-6-8-13(9-7-12)18(19,20)21/h2-9H,10-11H2,1H3,(H,22,24)(H,23,25). The predicted octanol–water partition coefficient (Wildman–Crippen LogP) is 2.87. The van der Waals surface area contributed by atoms with E-state index in [4.69, 9.17) is 4.74 Å². The van der Waals surface area contributed by atoms with Crippen molar-refractivity contribution in [3.8, 4) is 5.75 Å². The van der Waals surface area contributed by atoms with Crippen molar-refractivity contribution < 1.29 is 27.5 Å². The highest BCUT2D eigenvalue weighted by molar-refractivity contribution is 5.97. The van der Waals surface area contributed by atoms with Gasteiger partial charge in [-0.15, -0.1) is 0 Å². The number of ether oxygens (including phenoxy) is 1. The molecule has 138 valence electrons. The molecule has 0 heterocycles. The van der Waals surface area contributed by atoms with Crippen LogP contribution >= 0.6 is 0 Å². The molecule has 0 saturated heterocycles. The van der Waals surface area contributed by atoms with Gasteiger partial charge in [-0.3, -0.25) is 9.59 Å². The Morgan fingerprint density at radius 2 is 1.50 bits per heavy atom. The maximum atomic E-state index is 12.5. The number of alkyl halides is 3. The summed E-state index contributed by atoms with van der Waals surface area (Å²) in [4.78, 5) is 24.0. The van der Waals surface area contributed by atoms with Gasteiger partial charge in [0.15, 0.2) is 0 Å². The van der Waals surface area contributed by atoms with E-state index in [0.29, 0.717) is 11.3 Å². The number of para-hydroxylation sites is 1. The number of nitrogens with one attached hydrogen (secondary N) is 2. The van der Waals surface area contributed by atoms with Gasteiger partial charge in [0.25, 0.3) is 11.8 Å². The molecule has 0 spiro atoms. The van der Waals surface area contributed by atoms with Gasteiger partial charge in [-0.05, 0) is 36.4 Å². The number of carbonyl (C=O) groups excluding carboxylic acids is 2. The second-order valence-electron chi connectivity index (χ2n) is 5.29. The fourth-order valence-corrected chi connectivity index (χ4v) is 2.19. The minimum atomic E-state index is -4.45. The lowest BCUT2D eigenvalue weighted by Gasteiger charge is -2.10.